The molecule has 1 atom stereocenters. The highest BCUT2D eigenvalue weighted by molar-refractivity contribution is 4.64. The van der Waals surface area contributed by atoms with Crippen molar-refractivity contribution in [2.24, 2.45) is 11.2 Å². The van der Waals surface area contributed by atoms with Crippen molar-refractivity contribution in [1.29, 1.82) is 0 Å². The van der Waals surface area contributed by atoms with Gasteiger partial charge < -0.3 is 15.2 Å². The summed E-state index contributed by atoms with van der Waals surface area (Å²) in [5.74, 6) is 0.371. The van der Waals surface area contributed by atoms with Gasteiger partial charge in [-0.3, -0.25) is 0 Å². The molecule has 1 unspecified atom stereocenters. The molecule has 6 heteroatoms. The first-order valence-electron chi connectivity index (χ1n) is 5.93. The van der Waals surface area contributed by atoms with Gasteiger partial charge in [0, 0.05) is 6.61 Å². The fraction of sp³-hybridized carbons (Fsp3) is 1.00. The third kappa shape index (κ3) is 6.99. The van der Waals surface area contributed by atoms with Crippen LogP contribution in [0.2, 0.25) is 0 Å². The normalized spacial score (nSPS) is 14.6. The van der Waals surface area contributed by atoms with Crippen LogP contribution in [0, 0.1) is 11.1 Å². The minimum atomic E-state index is -0.293. The molecule has 0 fully saturated rings. The average Bonchev–Trinajstić information content (AvgIpc) is 2.22. The summed E-state index contributed by atoms with van der Waals surface area (Å²) in [6.45, 7) is 8.33. The third-order valence-electron chi connectivity index (χ3n) is 2.68. The Morgan fingerprint density at radius 3 is 2.47 bits per heavy atom. The Balaban J connectivity index is 3.93. The van der Waals surface area contributed by atoms with Crippen molar-refractivity contribution >= 4 is 0 Å². The van der Waals surface area contributed by atoms with Crippen molar-refractivity contribution in [2.75, 3.05) is 20.3 Å². The minimum absolute atomic E-state index is 0.179. The molecular formula is C11H25N3O3. The first kappa shape index (κ1) is 16.0. The van der Waals surface area contributed by atoms with Crippen LogP contribution >= 0.6 is 0 Å². The van der Waals surface area contributed by atoms with Crippen molar-refractivity contribution in [3.8, 4) is 0 Å². The largest absolute Gasteiger partial charge is 0.569 e. The first-order chi connectivity index (χ1) is 7.79. The molecule has 0 aromatic heterocycles. The topological polar surface area (TPSA) is 71.1 Å². The van der Waals surface area contributed by atoms with Gasteiger partial charge in [-0.2, -0.15) is 0 Å². The van der Waals surface area contributed by atoms with E-state index >= 15 is 0 Å². The molecule has 0 saturated carbocycles. The van der Waals surface area contributed by atoms with Gasteiger partial charge in [-0.15, -0.1) is 5.01 Å². The number of aliphatic hydroxyl groups excluding tert-OH is 1. The highest BCUT2D eigenvalue weighted by Gasteiger charge is 2.24. The van der Waals surface area contributed by atoms with Gasteiger partial charge in [0.15, 0.2) is 0 Å². The molecule has 0 saturated heterocycles. The summed E-state index contributed by atoms with van der Waals surface area (Å²) in [4.78, 5) is 5.40. The lowest BCUT2D eigenvalue weighted by molar-refractivity contribution is -0.719. The maximum absolute atomic E-state index is 11.5. The van der Waals surface area contributed by atoms with E-state index in [4.69, 9.17) is 9.94 Å². The first-order valence-corrected chi connectivity index (χ1v) is 5.93. The van der Waals surface area contributed by atoms with Crippen molar-refractivity contribution in [2.45, 2.75) is 46.1 Å². The second-order valence-electron chi connectivity index (χ2n) is 5.27. The van der Waals surface area contributed by atoms with Crippen LogP contribution in [0.5, 0.6) is 0 Å². The molecule has 0 aliphatic rings. The molecular weight excluding hydrogens is 222 g/mol. The van der Waals surface area contributed by atoms with Gasteiger partial charge in [0.25, 0.3) is 0 Å². The van der Waals surface area contributed by atoms with Gasteiger partial charge in [-0.05, 0) is 39.5 Å². The van der Waals surface area contributed by atoms with E-state index in [0.717, 1.165) is 12.8 Å². The van der Waals surface area contributed by atoms with E-state index in [9.17, 15) is 5.21 Å². The standard InChI is InChI=1S/C11H25N3O3/c1-10(6-8-15)7-9-17-12-14(16)13(5)11(2,3)4/h10,15H,6-9H2,1-5H3/b14-12+. The number of nitrogens with zero attached hydrogens (tertiary/aromatic N) is 3. The van der Waals surface area contributed by atoms with Gasteiger partial charge in [0.1, 0.15) is 6.61 Å². The number of hydrogen-bond donors (Lipinski definition) is 1. The molecule has 102 valence electrons. The minimum Gasteiger partial charge on any atom is -0.569 e. The zero-order valence-electron chi connectivity index (χ0n) is 11.5. The summed E-state index contributed by atoms with van der Waals surface area (Å²) in [7, 11) is 1.66. The lowest BCUT2D eigenvalue weighted by Gasteiger charge is -2.26. The summed E-state index contributed by atoms with van der Waals surface area (Å²) < 4.78 is 0. The molecule has 0 radical (unpaired) electrons. The van der Waals surface area contributed by atoms with Crippen LogP contribution in [0.25, 0.3) is 0 Å². The van der Waals surface area contributed by atoms with E-state index in [1.807, 2.05) is 27.7 Å². The predicted molar refractivity (Wildman–Crippen MR) is 65.0 cm³/mol. The zero-order chi connectivity index (χ0) is 13.5. The fourth-order valence-electron chi connectivity index (χ4n) is 1.02. The summed E-state index contributed by atoms with van der Waals surface area (Å²) in [5, 5.41) is 25.1. The maximum atomic E-state index is 11.5. The summed E-state index contributed by atoms with van der Waals surface area (Å²) in [5.41, 5.74) is -0.293. The van der Waals surface area contributed by atoms with Crippen LogP contribution < -0.4 is 0 Å². The molecule has 0 amide bonds. The van der Waals surface area contributed by atoms with E-state index in [0.29, 0.717) is 17.5 Å². The van der Waals surface area contributed by atoms with E-state index < -0.39 is 0 Å². The average molecular weight is 247 g/mol. The van der Waals surface area contributed by atoms with E-state index in [2.05, 4.69) is 5.28 Å². The number of hydrogen-bond acceptors (Lipinski definition) is 4. The molecule has 1 N–H and O–H groups in total. The van der Waals surface area contributed by atoms with Crippen LogP contribution in [-0.2, 0) is 4.84 Å². The number of hydrazine groups is 1. The van der Waals surface area contributed by atoms with Crippen LogP contribution in [0.1, 0.15) is 40.5 Å². The smallest absolute Gasteiger partial charge is 0.233 e. The quantitative estimate of drug-likeness (QED) is 0.323. The molecule has 0 aliphatic heterocycles. The second-order valence-corrected chi connectivity index (χ2v) is 5.27. The Morgan fingerprint density at radius 1 is 1.41 bits per heavy atom. The van der Waals surface area contributed by atoms with Gasteiger partial charge in [0.2, 0.25) is 5.28 Å². The van der Waals surface area contributed by atoms with E-state index in [1.165, 1.54) is 5.01 Å². The second kappa shape index (κ2) is 7.32. The molecule has 0 aromatic carbocycles. The predicted octanol–water partition coefficient (Wildman–Crippen LogP) is 1.93. The van der Waals surface area contributed by atoms with Crippen LogP contribution in [-0.4, -0.2) is 40.9 Å². The fourth-order valence-corrected chi connectivity index (χ4v) is 1.02. The Labute approximate surface area is 103 Å². The van der Waals surface area contributed by atoms with Crippen LogP contribution in [0.3, 0.4) is 0 Å². The molecule has 0 bridgehead atoms. The number of aliphatic hydroxyl groups is 1. The van der Waals surface area contributed by atoms with E-state index in [1.54, 1.807) is 7.05 Å². The van der Waals surface area contributed by atoms with Crippen LogP contribution in [0.15, 0.2) is 5.28 Å². The van der Waals surface area contributed by atoms with Crippen molar-refractivity contribution in [3.05, 3.63) is 5.21 Å². The van der Waals surface area contributed by atoms with E-state index in [-0.39, 0.29) is 12.1 Å². The molecule has 0 aliphatic carbocycles. The summed E-state index contributed by atoms with van der Waals surface area (Å²) in [6.07, 6.45) is 1.52. The van der Waals surface area contributed by atoms with Crippen molar-refractivity contribution in [1.82, 2.24) is 5.01 Å². The Morgan fingerprint density at radius 2 is 2.00 bits per heavy atom. The Kier molecular flexibility index (Phi) is 6.87. The van der Waals surface area contributed by atoms with Crippen molar-refractivity contribution in [3.63, 3.8) is 0 Å². The maximum Gasteiger partial charge on any atom is 0.233 e. The molecule has 17 heavy (non-hydrogen) atoms. The third-order valence-corrected chi connectivity index (χ3v) is 2.68. The molecule has 0 heterocycles. The van der Waals surface area contributed by atoms with Crippen molar-refractivity contribution < 1.29 is 14.9 Å². The number of rotatable bonds is 7. The summed E-state index contributed by atoms with van der Waals surface area (Å²) in [6, 6.07) is 0. The zero-order valence-corrected chi connectivity index (χ0v) is 11.5. The monoisotopic (exact) mass is 247 g/mol. The van der Waals surface area contributed by atoms with Gasteiger partial charge in [0.05, 0.1) is 17.6 Å². The lowest BCUT2D eigenvalue weighted by Crippen LogP contribution is -2.42. The Bertz CT molecular complexity index is 239. The van der Waals surface area contributed by atoms with Gasteiger partial charge in [-0.25, -0.2) is 0 Å². The highest BCUT2D eigenvalue weighted by atomic mass is 16.7. The Hall–Kier alpha value is -1.04. The molecule has 0 rings (SSSR count). The van der Waals surface area contributed by atoms with Gasteiger partial charge in [-0.1, -0.05) is 6.92 Å². The molecule has 6 nitrogen and oxygen atoms in total. The molecule has 0 aromatic rings. The SMILES string of the molecule is CC(CCO)CCO/N=[N+](/[O-])N(C)C(C)(C)C. The lowest BCUT2D eigenvalue weighted by atomic mass is 10.1. The highest BCUT2D eigenvalue weighted by Crippen LogP contribution is 2.11. The summed E-state index contributed by atoms with van der Waals surface area (Å²) >= 11 is 0. The van der Waals surface area contributed by atoms with Crippen LogP contribution in [0.4, 0.5) is 0 Å². The van der Waals surface area contributed by atoms with Gasteiger partial charge >= 0.3 is 0 Å². The molecule has 0 spiro atoms.